The normalized spacial score (nSPS) is 12.2. The van der Waals surface area contributed by atoms with Crippen LogP contribution in [0.3, 0.4) is 0 Å². The number of benzene rings is 12. The molecule has 0 fully saturated rings. The minimum Gasteiger partial charge on any atom is -0.453 e. The SMILES string of the molecule is Cc1cc(C)cc(N(c2cc(C(C)C)c3ccc4c(N(c5cc(C)cc(C)c5)c5cccc6c5oc5c(-c7ccccc7C(C)C)cccc56)cc(C(C)C)c5ccc2c3c54)c2cccc3c2oc2c(-c4ccccc4C(C)C)cccc23)c1. The van der Waals surface area contributed by atoms with Crippen molar-refractivity contribution in [3.8, 4) is 22.3 Å². The molecule has 0 bridgehead atoms. The molecule has 0 N–H and O–H groups in total. The topological polar surface area (TPSA) is 32.8 Å². The lowest BCUT2D eigenvalue weighted by Gasteiger charge is -2.32. The molecule has 0 aliphatic carbocycles. The molecule has 2 aromatic heterocycles. The average molecular weight is 1090 g/mol. The van der Waals surface area contributed by atoms with Crippen molar-refractivity contribution in [2.45, 2.75) is 107 Å². The summed E-state index contributed by atoms with van der Waals surface area (Å²) in [6.07, 6.45) is 0. The Morgan fingerprint density at radius 2 is 0.583 bits per heavy atom. The van der Waals surface area contributed by atoms with Gasteiger partial charge < -0.3 is 18.6 Å². The molecule has 0 spiro atoms. The quantitative estimate of drug-likeness (QED) is 0.114. The van der Waals surface area contributed by atoms with Crippen molar-refractivity contribution in [2.75, 3.05) is 9.80 Å². The number of anilines is 6. The fourth-order valence-electron chi connectivity index (χ4n) is 14.2. The van der Waals surface area contributed by atoms with E-state index in [1.807, 2.05) is 0 Å². The molecule has 0 saturated carbocycles. The lowest BCUT2D eigenvalue weighted by Crippen LogP contribution is -2.14. The predicted octanol–water partition coefficient (Wildman–Crippen LogP) is 24.4. The number of rotatable bonds is 12. The summed E-state index contributed by atoms with van der Waals surface area (Å²) in [5, 5.41) is 11.9. The van der Waals surface area contributed by atoms with Crippen LogP contribution in [0.15, 0.2) is 203 Å². The molecule has 4 nitrogen and oxygen atoms in total. The maximum Gasteiger partial charge on any atom is 0.159 e. The van der Waals surface area contributed by atoms with Gasteiger partial charge in [-0.05, 0) is 177 Å². The molecular weight excluding hydrogens is 1020 g/mol. The summed E-state index contributed by atoms with van der Waals surface area (Å²) in [5.41, 5.74) is 24.6. The summed E-state index contributed by atoms with van der Waals surface area (Å²) in [5.74, 6) is 1.11. The number of furan rings is 2. The number of hydrogen-bond donors (Lipinski definition) is 0. The Bertz CT molecular complexity index is 4580. The van der Waals surface area contributed by atoms with Crippen molar-refractivity contribution in [1.82, 2.24) is 0 Å². The van der Waals surface area contributed by atoms with Crippen LogP contribution in [0.25, 0.3) is 98.4 Å². The Hall–Kier alpha value is -9.12. The van der Waals surface area contributed by atoms with Gasteiger partial charge in [0.25, 0.3) is 0 Å². The summed E-state index contributed by atoms with van der Waals surface area (Å²) < 4.78 is 14.8. The Morgan fingerprint density at radius 1 is 0.262 bits per heavy atom. The average Bonchev–Trinajstić information content (AvgIpc) is 1.73. The minimum absolute atomic E-state index is 0.207. The zero-order valence-electron chi connectivity index (χ0n) is 50.5. The second kappa shape index (κ2) is 20.3. The molecule has 0 unspecified atom stereocenters. The lowest BCUT2D eigenvalue weighted by molar-refractivity contribution is 0.669. The predicted molar refractivity (Wildman–Crippen MR) is 360 cm³/mol. The highest BCUT2D eigenvalue weighted by Gasteiger charge is 2.30. The monoisotopic (exact) mass is 1090 g/mol. The van der Waals surface area contributed by atoms with Gasteiger partial charge in [-0.1, -0.05) is 201 Å². The lowest BCUT2D eigenvalue weighted by atomic mass is 9.84. The van der Waals surface area contributed by atoms with E-state index >= 15 is 0 Å². The van der Waals surface area contributed by atoms with Crippen LogP contribution >= 0.6 is 0 Å². The van der Waals surface area contributed by atoms with Crippen molar-refractivity contribution >= 4 is 110 Å². The van der Waals surface area contributed by atoms with Crippen LogP contribution in [-0.2, 0) is 0 Å². The Kier molecular flexibility index (Phi) is 12.8. The molecule has 14 aromatic rings. The molecule has 2 heterocycles. The van der Waals surface area contributed by atoms with E-state index in [1.165, 1.54) is 88.0 Å². The van der Waals surface area contributed by atoms with E-state index < -0.39 is 0 Å². The molecular formula is C80H72N2O2. The van der Waals surface area contributed by atoms with Crippen LogP contribution in [0, 0.1) is 27.7 Å². The summed E-state index contributed by atoms with van der Waals surface area (Å²) in [7, 11) is 0. The third kappa shape index (κ3) is 8.47. The van der Waals surface area contributed by atoms with Crippen molar-refractivity contribution in [3.05, 3.63) is 239 Å². The molecule has 0 aliphatic rings. The van der Waals surface area contributed by atoms with Gasteiger partial charge in [0.2, 0.25) is 0 Å². The smallest absolute Gasteiger partial charge is 0.159 e. The van der Waals surface area contributed by atoms with Crippen LogP contribution in [0.1, 0.15) is 124 Å². The van der Waals surface area contributed by atoms with E-state index in [0.29, 0.717) is 11.8 Å². The summed E-state index contributed by atoms with van der Waals surface area (Å²) >= 11 is 0. The minimum atomic E-state index is 0.207. The molecule has 414 valence electrons. The van der Waals surface area contributed by atoms with Gasteiger partial charge in [-0.2, -0.15) is 0 Å². The van der Waals surface area contributed by atoms with Crippen LogP contribution in [0.5, 0.6) is 0 Å². The molecule has 12 aromatic carbocycles. The van der Waals surface area contributed by atoms with Crippen molar-refractivity contribution in [2.24, 2.45) is 0 Å². The molecule has 0 aliphatic heterocycles. The van der Waals surface area contributed by atoms with Crippen LogP contribution in [-0.4, -0.2) is 0 Å². The van der Waals surface area contributed by atoms with E-state index in [2.05, 4.69) is 287 Å². The third-order valence-corrected chi connectivity index (χ3v) is 17.8. The zero-order valence-corrected chi connectivity index (χ0v) is 50.5. The molecule has 0 amide bonds. The Labute approximate surface area is 493 Å². The van der Waals surface area contributed by atoms with Crippen LogP contribution in [0.2, 0.25) is 0 Å². The number of fused-ring (bicyclic) bond motifs is 6. The van der Waals surface area contributed by atoms with E-state index in [-0.39, 0.29) is 11.8 Å². The maximum absolute atomic E-state index is 7.41. The van der Waals surface area contributed by atoms with Gasteiger partial charge in [0, 0.05) is 54.8 Å². The van der Waals surface area contributed by atoms with E-state index in [1.54, 1.807) is 0 Å². The van der Waals surface area contributed by atoms with Gasteiger partial charge in [0.15, 0.2) is 11.2 Å². The molecule has 0 atom stereocenters. The third-order valence-electron chi connectivity index (χ3n) is 17.8. The Balaban J connectivity index is 1.07. The van der Waals surface area contributed by atoms with Gasteiger partial charge in [-0.3, -0.25) is 0 Å². The van der Waals surface area contributed by atoms with Crippen molar-refractivity contribution < 1.29 is 8.83 Å². The van der Waals surface area contributed by atoms with Crippen LogP contribution < -0.4 is 9.80 Å². The van der Waals surface area contributed by atoms with Crippen LogP contribution in [0.4, 0.5) is 34.1 Å². The van der Waals surface area contributed by atoms with Gasteiger partial charge >= 0.3 is 0 Å². The maximum atomic E-state index is 7.41. The summed E-state index contributed by atoms with van der Waals surface area (Å²) in [6.45, 7) is 27.3. The standard InChI is InChI=1S/C80H72N2O2/c1-45(2)55-21-13-15-23-57(55)61-25-17-27-63-65-29-19-31-71(79(65)83-77(61)63)81(53-39-49(9)37-50(10)40-53)73-43-69(47(5)6)59-34-36-68-74(44-70(48(7)8)60-33-35-67(73)75(59)76(60)68)82(54-41-51(11)38-52(12)42-54)72-32-20-30-66-64-28-18-26-62(78(64)84-80(66)72)58-24-16-14-22-56(58)46(3)4/h13-48H,1-12H3. The molecule has 14 rings (SSSR count). The molecule has 0 radical (unpaired) electrons. The summed E-state index contributed by atoms with van der Waals surface area (Å²) in [4.78, 5) is 5.01. The molecule has 84 heavy (non-hydrogen) atoms. The van der Waals surface area contributed by atoms with E-state index in [0.717, 1.165) is 89.1 Å². The van der Waals surface area contributed by atoms with Gasteiger partial charge in [-0.15, -0.1) is 0 Å². The first-order chi connectivity index (χ1) is 40.6. The van der Waals surface area contributed by atoms with E-state index in [9.17, 15) is 0 Å². The van der Waals surface area contributed by atoms with Gasteiger partial charge in [-0.25, -0.2) is 0 Å². The molecule has 4 heteroatoms. The van der Waals surface area contributed by atoms with Crippen molar-refractivity contribution in [3.63, 3.8) is 0 Å². The number of nitrogens with zero attached hydrogens (tertiary/aromatic N) is 2. The second-order valence-corrected chi connectivity index (χ2v) is 25.1. The van der Waals surface area contributed by atoms with Gasteiger partial charge in [0.1, 0.15) is 11.2 Å². The van der Waals surface area contributed by atoms with Gasteiger partial charge in [0.05, 0.1) is 22.7 Å². The second-order valence-electron chi connectivity index (χ2n) is 25.1. The number of aryl methyl sites for hydroxylation is 4. The zero-order chi connectivity index (χ0) is 58.0. The highest BCUT2D eigenvalue weighted by atomic mass is 16.3. The fourth-order valence-corrected chi connectivity index (χ4v) is 14.2. The first-order valence-electron chi connectivity index (χ1n) is 30.3. The Morgan fingerprint density at radius 3 is 0.952 bits per heavy atom. The first-order valence-corrected chi connectivity index (χ1v) is 30.3. The largest absolute Gasteiger partial charge is 0.453 e. The number of hydrogen-bond acceptors (Lipinski definition) is 4. The highest BCUT2D eigenvalue weighted by Crippen LogP contribution is 2.54. The molecule has 0 saturated heterocycles. The fraction of sp³-hybridized carbons (Fsp3) is 0.200. The highest BCUT2D eigenvalue weighted by molar-refractivity contribution is 6.30. The number of para-hydroxylation sites is 4. The van der Waals surface area contributed by atoms with E-state index in [4.69, 9.17) is 8.83 Å². The first kappa shape index (κ1) is 52.9. The summed E-state index contributed by atoms with van der Waals surface area (Å²) in [6, 6.07) is 72.9. The van der Waals surface area contributed by atoms with Crippen molar-refractivity contribution in [1.29, 1.82) is 0 Å².